The SMILES string of the molecule is C=C(CN(C)CCN1CCCC1)[B-](F)(F)F. The quantitative estimate of drug-likeness (QED) is 0.649. The van der Waals surface area contributed by atoms with Crippen LogP contribution in [-0.2, 0) is 0 Å². The summed E-state index contributed by atoms with van der Waals surface area (Å²) in [4.78, 5) is 3.98. The molecule has 0 saturated carbocycles. The van der Waals surface area contributed by atoms with E-state index in [1.807, 2.05) is 0 Å². The van der Waals surface area contributed by atoms with Crippen molar-refractivity contribution in [3.8, 4) is 0 Å². The van der Waals surface area contributed by atoms with Crippen LogP contribution in [0.5, 0.6) is 0 Å². The molecule has 0 radical (unpaired) electrons. The third kappa shape index (κ3) is 4.57. The van der Waals surface area contributed by atoms with E-state index in [0.717, 1.165) is 19.6 Å². The van der Waals surface area contributed by atoms with Gasteiger partial charge in [-0.15, -0.1) is 12.1 Å². The van der Waals surface area contributed by atoms with Crippen LogP contribution in [-0.4, -0.2) is 56.5 Å². The second-order valence-electron chi connectivity index (χ2n) is 4.52. The van der Waals surface area contributed by atoms with E-state index in [1.165, 1.54) is 12.8 Å². The molecule has 0 aromatic rings. The summed E-state index contributed by atoms with van der Waals surface area (Å²) in [6, 6.07) is 0. The molecule has 0 aromatic heterocycles. The smallest absolute Gasteiger partial charge is 0.445 e. The molecule has 0 aromatic carbocycles. The first-order valence-electron chi connectivity index (χ1n) is 5.68. The zero-order valence-corrected chi connectivity index (χ0v) is 9.76. The lowest BCUT2D eigenvalue weighted by Gasteiger charge is -2.26. The fraction of sp³-hybridized carbons (Fsp3) is 0.800. The second kappa shape index (κ2) is 5.73. The van der Waals surface area contributed by atoms with Crippen molar-refractivity contribution in [3.63, 3.8) is 0 Å². The molecule has 0 aliphatic carbocycles. The van der Waals surface area contributed by atoms with Gasteiger partial charge in [0.15, 0.2) is 0 Å². The molecule has 1 fully saturated rings. The fourth-order valence-corrected chi connectivity index (χ4v) is 1.85. The number of hydrogen-bond acceptors (Lipinski definition) is 2. The molecule has 0 atom stereocenters. The van der Waals surface area contributed by atoms with Gasteiger partial charge in [0.2, 0.25) is 0 Å². The summed E-state index contributed by atoms with van der Waals surface area (Å²) in [6.07, 6.45) is 2.42. The Morgan fingerprint density at radius 3 is 2.38 bits per heavy atom. The van der Waals surface area contributed by atoms with Gasteiger partial charge in [-0.2, -0.15) is 0 Å². The molecular weight excluding hydrogens is 216 g/mol. The van der Waals surface area contributed by atoms with E-state index in [0.29, 0.717) is 6.54 Å². The van der Waals surface area contributed by atoms with E-state index in [4.69, 9.17) is 0 Å². The van der Waals surface area contributed by atoms with Crippen LogP contribution < -0.4 is 0 Å². The summed E-state index contributed by atoms with van der Waals surface area (Å²) < 4.78 is 36.8. The molecule has 94 valence electrons. The highest BCUT2D eigenvalue weighted by Gasteiger charge is 2.27. The minimum Gasteiger partial charge on any atom is -0.445 e. The first-order chi connectivity index (χ1) is 7.39. The number of likely N-dealkylation sites (N-methyl/N-ethyl adjacent to an activating group) is 1. The number of nitrogens with zero attached hydrogens (tertiary/aromatic N) is 2. The Morgan fingerprint density at radius 2 is 1.88 bits per heavy atom. The van der Waals surface area contributed by atoms with Crippen LogP contribution in [0.25, 0.3) is 0 Å². The summed E-state index contributed by atoms with van der Waals surface area (Å²) in [7, 11) is 1.71. The number of halogens is 3. The van der Waals surface area contributed by atoms with Crippen molar-refractivity contribution in [2.45, 2.75) is 12.8 Å². The molecule has 0 unspecified atom stereocenters. The van der Waals surface area contributed by atoms with Gasteiger partial charge in [0, 0.05) is 13.1 Å². The molecule has 1 aliphatic rings. The van der Waals surface area contributed by atoms with Crippen LogP contribution in [0.1, 0.15) is 12.8 Å². The molecule has 0 amide bonds. The Hall–Kier alpha value is -0.485. The molecule has 1 aliphatic heterocycles. The average molecular weight is 235 g/mol. The number of rotatable bonds is 6. The highest BCUT2D eigenvalue weighted by molar-refractivity contribution is 6.66. The Bertz CT molecular complexity index is 237. The van der Waals surface area contributed by atoms with Crippen LogP contribution >= 0.6 is 0 Å². The minimum atomic E-state index is -4.88. The maximum absolute atomic E-state index is 12.3. The minimum absolute atomic E-state index is 0.0721. The van der Waals surface area contributed by atoms with E-state index >= 15 is 0 Å². The molecule has 16 heavy (non-hydrogen) atoms. The van der Waals surface area contributed by atoms with Gasteiger partial charge in [-0.25, -0.2) is 0 Å². The Labute approximate surface area is 95.2 Å². The Kier molecular flexibility index (Phi) is 4.86. The lowest BCUT2D eigenvalue weighted by Crippen LogP contribution is -2.35. The van der Waals surface area contributed by atoms with Crippen LogP contribution in [0.2, 0.25) is 0 Å². The van der Waals surface area contributed by atoms with Crippen molar-refractivity contribution in [1.29, 1.82) is 0 Å². The van der Waals surface area contributed by atoms with Gasteiger partial charge in [0.05, 0.1) is 0 Å². The normalized spacial score (nSPS) is 18.3. The van der Waals surface area contributed by atoms with E-state index in [-0.39, 0.29) is 6.54 Å². The van der Waals surface area contributed by atoms with Crippen molar-refractivity contribution >= 4 is 6.98 Å². The van der Waals surface area contributed by atoms with Crippen molar-refractivity contribution in [1.82, 2.24) is 9.80 Å². The zero-order valence-electron chi connectivity index (χ0n) is 9.76. The zero-order chi connectivity index (χ0) is 12.2. The van der Waals surface area contributed by atoms with Gasteiger partial charge < -0.3 is 22.7 Å². The maximum atomic E-state index is 12.3. The van der Waals surface area contributed by atoms with Crippen molar-refractivity contribution in [2.75, 3.05) is 39.8 Å². The van der Waals surface area contributed by atoms with Crippen LogP contribution in [0.4, 0.5) is 12.9 Å². The van der Waals surface area contributed by atoms with Gasteiger partial charge in [0.1, 0.15) is 0 Å². The number of likely N-dealkylation sites (tertiary alicyclic amines) is 1. The summed E-state index contributed by atoms with van der Waals surface area (Å²) in [5.74, 6) is 0. The first kappa shape index (κ1) is 13.6. The standard InChI is InChI=1S/C10H19BF3N2/c1-10(11(12,13)14)9-15(2)7-8-16-5-3-4-6-16/h1,3-9H2,2H3/q-1. The second-order valence-corrected chi connectivity index (χ2v) is 4.52. The third-order valence-electron chi connectivity index (χ3n) is 2.93. The topological polar surface area (TPSA) is 6.48 Å². The summed E-state index contributed by atoms with van der Waals surface area (Å²) in [5, 5.41) is 0. The molecule has 0 spiro atoms. The lowest BCUT2D eigenvalue weighted by atomic mass is 9.80. The third-order valence-corrected chi connectivity index (χ3v) is 2.93. The maximum Gasteiger partial charge on any atom is 0.506 e. The molecule has 2 nitrogen and oxygen atoms in total. The van der Waals surface area contributed by atoms with E-state index in [2.05, 4.69) is 11.5 Å². The molecule has 1 heterocycles. The van der Waals surface area contributed by atoms with Crippen LogP contribution in [0, 0.1) is 0 Å². The predicted octanol–water partition coefficient (Wildman–Crippen LogP) is 1.96. The average Bonchev–Trinajstić information content (AvgIpc) is 2.65. The monoisotopic (exact) mass is 235 g/mol. The summed E-state index contributed by atoms with van der Waals surface area (Å²) >= 11 is 0. The largest absolute Gasteiger partial charge is 0.506 e. The summed E-state index contributed by atoms with van der Waals surface area (Å²) in [5.41, 5.74) is -0.607. The van der Waals surface area contributed by atoms with E-state index in [1.54, 1.807) is 11.9 Å². The molecule has 0 bridgehead atoms. The van der Waals surface area contributed by atoms with Crippen molar-refractivity contribution in [3.05, 3.63) is 12.1 Å². The fourth-order valence-electron chi connectivity index (χ4n) is 1.85. The van der Waals surface area contributed by atoms with Gasteiger partial charge in [-0.3, -0.25) is 0 Å². The van der Waals surface area contributed by atoms with Crippen molar-refractivity contribution < 1.29 is 12.9 Å². The molecular formula is C10H19BF3N2-. The molecule has 1 saturated heterocycles. The molecule has 0 N–H and O–H groups in total. The highest BCUT2D eigenvalue weighted by atomic mass is 19.4. The van der Waals surface area contributed by atoms with Gasteiger partial charge in [-0.05, 0) is 39.5 Å². The van der Waals surface area contributed by atoms with Gasteiger partial charge >= 0.3 is 6.98 Å². The number of hydrogen-bond donors (Lipinski definition) is 0. The predicted molar refractivity (Wildman–Crippen MR) is 61.4 cm³/mol. The Balaban J connectivity index is 2.19. The lowest BCUT2D eigenvalue weighted by molar-refractivity contribution is 0.268. The Morgan fingerprint density at radius 1 is 1.31 bits per heavy atom. The van der Waals surface area contributed by atoms with Crippen molar-refractivity contribution in [2.24, 2.45) is 0 Å². The molecule has 6 heteroatoms. The molecule has 1 rings (SSSR count). The summed E-state index contributed by atoms with van der Waals surface area (Å²) in [6.45, 7) is 1.83. The van der Waals surface area contributed by atoms with Gasteiger partial charge in [-0.1, -0.05) is 0 Å². The van der Waals surface area contributed by atoms with E-state index in [9.17, 15) is 12.9 Å². The highest BCUT2D eigenvalue weighted by Crippen LogP contribution is 2.18. The van der Waals surface area contributed by atoms with Crippen LogP contribution in [0.15, 0.2) is 12.1 Å². The van der Waals surface area contributed by atoms with Crippen LogP contribution in [0.3, 0.4) is 0 Å². The first-order valence-corrected chi connectivity index (χ1v) is 5.68. The van der Waals surface area contributed by atoms with Gasteiger partial charge in [0.25, 0.3) is 0 Å². The van der Waals surface area contributed by atoms with E-state index < -0.39 is 12.4 Å².